The lowest BCUT2D eigenvalue weighted by Crippen LogP contribution is -2.57. The van der Waals surface area contributed by atoms with Crippen LogP contribution in [0.5, 0.6) is 0 Å². The topological polar surface area (TPSA) is 36.8 Å². The summed E-state index contributed by atoms with van der Waals surface area (Å²) in [5, 5.41) is 3.40. The summed E-state index contributed by atoms with van der Waals surface area (Å²) in [4.78, 5) is 15.7. The number of aryl methyl sites for hydroxylation is 1. The van der Waals surface area contributed by atoms with E-state index in [1.165, 1.54) is 50.0 Å². The second-order valence-corrected chi connectivity index (χ2v) is 7.68. The van der Waals surface area contributed by atoms with Crippen LogP contribution in [0.1, 0.15) is 47.3 Å². The molecule has 0 aromatic carbocycles. The standard InChI is InChI=1S/C20H25N3O/c24-20(21-16-13-22-11-8-14(16)9-12-22)19-15-5-1-2-6-17(15)23-10-4-3-7-18(19)23/h3-4,7,10,14,16H,1-2,5-6,8-9,11-13H2,(H,21,24)/t16-/m1/s1. The van der Waals surface area contributed by atoms with E-state index in [-0.39, 0.29) is 5.91 Å². The molecule has 2 bridgehead atoms. The highest BCUT2D eigenvalue weighted by molar-refractivity contribution is 6.03. The molecule has 0 radical (unpaired) electrons. The van der Waals surface area contributed by atoms with Gasteiger partial charge in [0.05, 0.1) is 11.1 Å². The first kappa shape index (κ1) is 14.5. The van der Waals surface area contributed by atoms with Crippen LogP contribution in [-0.2, 0) is 12.8 Å². The Labute approximate surface area is 142 Å². The number of nitrogens with one attached hydrogen (secondary N) is 1. The minimum absolute atomic E-state index is 0.153. The van der Waals surface area contributed by atoms with Gasteiger partial charge in [0.25, 0.3) is 5.91 Å². The molecule has 1 aliphatic carbocycles. The number of fused-ring (bicyclic) bond motifs is 6. The van der Waals surface area contributed by atoms with Gasteiger partial charge in [-0.25, -0.2) is 0 Å². The zero-order valence-electron chi connectivity index (χ0n) is 14.1. The Kier molecular flexibility index (Phi) is 3.40. The fraction of sp³-hybridized carbons (Fsp3) is 0.550. The third kappa shape index (κ3) is 2.20. The Morgan fingerprint density at radius 3 is 2.75 bits per heavy atom. The third-order valence-corrected chi connectivity index (χ3v) is 6.35. The number of pyridine rings is 1. The van der Waals surface area contributed by atoms with Crippen LogP contribution in [0.25, 0.3) is 5.52 Å². The van der Waals surface area contributed by atoms with Crippen molar-refractivity contribution < 1.29 is 4.79 Å². The fourth-order valence-corrected chi connectivity index (χ4v) is 5.08. The minimum atomic E-state index is 0.153. The van der Waals surface area contributed by atoms with Gasteiger partial charge in [0.1, 0.15) is 0 Å². The fourth-order valence-electron chi connectivity index (χ4n) is 5.08. The first-order valence-electron chi connectivity index (χ1n) is 9.45. The number of aromatic nitrogens is 1. The molecule has 2 aromatic heterocycles. The van der Waals surface area contributed by atoms with E-state index >= 15 is 0 Å². The van der Waals surface area contributed by atoms with Gasteiger partial charge in [0.2, 0.25) is 0 Å². The molecule has 0 spiro atoms. The smallest absolute Gasteiger partial charge is 0.254 e. The van der Waals surface area contributed by atoms with Gasteiger partial charge in [-0.3, -0.25) is 4.79 Å². The van der Waals surface area contributed by atoms with E-state index in [0.717, 1.165) is 30.5 Å². The summed E-state index contributed by atoms with van der Waals surface area (Å²) < 4.78 is 2.25. The average Bonchev–Trinajstić information content (AvgIpc) is 2.97. The van der Waals surface area contributed by atoms with Crippen LogP contribution in [0.2, 0.25) is 0 Å². The van der Waals surface area contributed by atoms with Crippen molar-refractivity contribution in [3.63, 3.8) is 0 Å². The van der Waals surface area contributed by atoms with E-state index < -0.39 is 0 Å². The number of rotatable bonds is 2. The predicted molar refractivity (Wildman–Crippen MR) is 94.5 cm³/mol. The molecule has 4 heteroatoms. The molecule has 1 N–H and O–H groups in total. The van der Waals surface area contributed by atoms with Crippen molar-refractivity contribution >= 4 is 11.4 Å². The molecular weight excluding hydrogens is 298 g/mol. The molecule has 3 saturated heterocycles. The second kappa shape index (κ2) is 5.62. The summed E-state index contributed by atoms with van der Waals surface area (Å²) in [7, 11) is 0. The lowest BCUT2D eigenvalue weighted by Gasteiger charge is -2.44. The van der Waals surface area contributed by atoms with Crippen molar-refractivity contribution in [2.45, 2.75) is 44.6 Å². The van der Waals surface area contributed by atoms with Crippen LogP contribution in [-0.4, -0.2) is 40.9 Å². The van der Waals surface area contributed by atoms with Gasteiger partial charge in [-0.15, -0.1) is 0 Å². The average molecular weight is 323 g/mol. The number of hydrogen-bond acceptors (Lipinski definition) is 2. The SMILES string of the molecule is O=C(N[C@@H]1CN2CCC1CC2)c1c2c(n3ccccc13)CCCC2. The largest absolute Gasteiger partial charge is 0.348 e. The molecule has 0 saturated carbocycles. The summed E-state index contributed by atoms with van der Waals surface area (Å²) in [6.07, 6.45) is 9.15. The number of carbonyl (C=O) groups is 1. The monoisotopic (exact) mass is 323 g/mol. The summed E-state index contributed by atoms with van der Waals surface area (Å²) in [6, 6.07) is 6.55. The van der Waals surface area contributed by atoms with Crippen molar-refractivity contribution in [2.75, 3.05) is 19.6 Å². The summed E-state index contributed by atoms with van der Waals surface area (Å²) in [5.41, 5.74) is 4.69. The quantitative estimate of drug-likeness (QED) is 0.922. The van der Waals surface area contributed by atoms with Crippen molar-refractivity contribution in [1.82, 2.24) is 14.6 Å². The maximum atomic E-state index is 13.2. The summed E-state index contributed by atoms with van der Waals surface area (Å²) in [5.74, 6) is 0.823. The Bertz CT molecular complexity index is 786. The molecule has 126 valence electrons. The number of carbonyl (C=O) groups excluding carboxylic acids is 1. The van der Waals surface area contributed by atoms with Gasteiger partial charge in [0.15, 0.2) is 0 Å². The lowest BCUT2D eigenvalue weighted by molar-refractivity contribution is 0.0621. The van der Waals surface area contributed by atoms with Gasteiger partial charge in [0, 0.05) is 24.5 Å². The molecule has 6 rings (SSSR count). The first-order chi connectivity index (χ1) is 11.8. The van der Waals surface area contributed by atoms with Crippen LogP contribution < -0.4 is 5.32 Å². The third-order valence-electron chi connectivity index (χ3n) is 6.35. The maximum Gasteiger partial charge on any atom is 0.254 e. The van der Waals surface area contributed by atoms with Crippen molar-refractivity contribution in [1.29, 1.82) is 0 Å². The lowest BCUT2D eigenvalue weighted by atomic mass is 9.84. The zero-order chi connectivity index (χ0) is 16.1. The molecule has 0 unspecified atom stereocenters. The van der Waals surface area contributed by atoms with Crippen LogP contribution >= 0.6 is 0 Å². The van der Waals surface area contributed by atoms with Gasteiger partial charge in [-0.1, -0.05) is 6.07 Å². The van der Waals surface area contributed by atoms with Gasteiger partial charge >= 0.3 is 0 Å². The Morgan fingerprint density at radius 1 is 1.12 bits per heavy atom. The summed E-state index contributed by atoms with van der Waals surface area (Å²) >= 11 is 0. The Balaban J connectivity index is 1.51. The number of piperidine rings is 3. The van der Waals surface area contributed by atoms with Gasteiger partial charge < -0.3 is 14.6 Å². The van der Waals surface area contributed by atoms with Crippen LogP contribution in [0.4, 0.5) is 0 Å². The highest BCUT2D eigenvalue weighted by atomic mass is 16.1. The number of hydrogen-bond donors (Lipinski definition) is 1. The van der Waals surface area contributed by atoms with Gasteiger partial charge in [-0.2, -0.15) is 0 Å². The molecule has 1 atom stereocenters. The second-order valence-electron chi connectivity index (χ2n) is 7.68. The normalized spacial score (nSPS) is 28.8. The maximum absolute atomic E-state index is 13.2. The van der Waals surface area contributed by atoms with Crippen molar-refractivity contribution in [2.24, 2.45) is 5.92 Å². The van der Waals surface area contributed by atoms with E-state index in [2.05, 4.69) is 32.9 Å². The van der Waals surface area contributed by atoms with E-state index in [4.69, 9.17) is 0 Å². The van der Waals surface area contributed by atoms with Crippen molar-refractivity contribution in [3.8, 4) is 0 Å². The van der Waals surface area contributed by atoms with E-state index in [1.807, 2.05) is 6.07 Å². The minimum Gasteiger partial charge on any atom is -0.348 e. The van der Waals surface area contributed by atoms with Crippen LogP contribution in [0.15, 0.2) is 24.4 Å². The Morgan fingerprint density at radius 2 is 1.96 bits per heavy atom. The van der Waals surface area contributed by atoms with Gasteiger partial charge in [-0.05, 0) is 75.2 Å². The molecule has 4 aliphatic rings. The van der Waals surface area contributed by atoms with E-state index in [1.54, 1.807) is 0 Å². The molecule has 24 heavy (non-hydrogen) atoms. The molecule has 4 nitrogen and oxygen atoms in total. The van der Waals surface area contributed by atoms with E-state index in [0.29, 0.717) is 12.0 Å². The highest BCUT2D eigenvalue weighted by Crippen LogP contribution is 2.32. The van der Waals surface area contributed by atoms with Crippen LogP contribution in [0.3, 0.4) is 0 Å². The predicted octanol–water partition coefficient (Wildman–Crippen LogP) is 2.64. The Hall–Kier alpha value is -1.81. The van der Waals surface area contributed by atoms with Crippen molar-refractivity contribution in [3.05, 3.63) is 41.2 Å². The molecule has 3 aliphatic heterocycles. The summed E-state index contributed by atoms with van der Waals surface area (Å²) in [6.45, 7) is 3.45. The molecule has 5 heterocycles. The zero-order valence-corrected chi connectivity index (χ0v) is 14.1. The highest BCUT2D eigenvalue weighted by Gasteiger charge is 2.36. The first-order valence-corrected chi connectivity index (χ1v) is 9.45. The number of nitrogens with zero attached hydrogens (tertiary/aromatic N) is 2. The molecule has 2 aromatic rings. The molecule has 1 amide bonds. The van der Waals surface area contributed by atoms with E-state index in [9.17, 15) is 4.79 Å². The molecule has 3 fully saturated rings. The molecular formula is C20H25N3O. The van der Waals surface area contributed by atoms with Crippen LogP contribution in [0, 0.1) is 5.92 Å². The number of amides is 1.